The van der Waals surface area contributed by atoms with Gasteiger partial charge in [0.15, 0.2) is 5.11 Å². The fourth-order valence-corrected chi connectivity index (χ4v) is 1.33. The maximum absolute atomic E-state index is 10.7. The van der Waals surface area contributed by atoms with Crippen molar-refractivity contribution in [2.24, 2.45) is 0 Å². The van der Waals surface area contributed by atoms with Gasteiger partial charge in [0.05, 0.1) is 0 Å². The SMILES string of the molecule is C=CCNC(=S)Nc1ccc(C(=O)O)c(O)c1. The van der Waals surface area contributed by atoms with Crippen LogP contribution in [0.4, 0.5) is 5.69 Å². The first kappa shape index (κ1) is 13.0. The summed E-state index contributed by atoms with van der Waals surface area (Å²) in [6, 6.07) is 4.12. The van der Waals surface area contributed by atoms with E-state index >= 15 is 0 Å². The van der Waals surface area contributed by atoms with Gasteiger partial charge in [0.1, 0.15) is 11.3 Å². The van der Waals surface area contributed by atoms with Crippen molar-refractivity contribution in [3.63, 3.8) is 0 Å². The van der Waals surface area contributed by atoms with Crippen LogP contribution in [-0.4, -0.2) is 27.8 Å². The predicted molar refractivity (Wildman–Crippen MR) is 69.5 cm³/mol. The molecule has 0 radical (unpaired) electrons. The average molecular weight is 252 g/mol. The molecule has 0 atom stereocenters. The monoisotopic (exact) mass is 252 g/mol. The molecule has 0 saturated heterocycles. The summed E-state index contributed by atoms with van der Waals surface area (Å²) in [5.41, 5.74) is 0.356. The highest BCUT2D eigenvalue weighted by Crippen LogP contribution is 2.21. The summed E-state index contributed by atoms with van der Waals surface area (Å²) in [4.78, 5) is 10.7. The number of rotatable bonds is 4. The van der Waals surface area contributed by atoms with Crippen molar-refractivity contribution in [2.45, 2.75) is 0 Å². The maximum atomic E-state index is 10.7. The largest absolute Gasteiger partial charge is 0.507 e. The van der Waals surface area contributed by atoms with Crippen molar-refractivity contribution in [3.05, 3.63) is 36.4 Å². The molecule has 1 aromatic rings. The van der Waals surface area contributed by atoms with Crippen LogP contribution in [-0.2, 0) is 0 Å². The predicted octanol–water partition coefficient (Wildman–Crippen LogP) is 1.56. The Kier molecular flexibility index (Phi) is 4.47. The summed E-state index contributed by atoms with van der Waals surface area (Å²) in [7, 11) is 0. The third-order valence-corrected chi connectivity index (χ3v) is 2.14. The molecular formula is C11H12N2O3S. The smallest absolute Gasteiger partial charge is 0.339 e. The molecule has 90 valence electrons. The molecule has 17 heavy (non-hydrogen) atoms. The number of hydrogen-bond donors (Lipinski definition) is 4. The van der Waals surface area contributed by atoms with E-state index < -0.39 is 5.97 Å². The molecule has 0 aliphatic heterocycles. The van der Waals surface area contributed by atoms with Crippen LogP contribution in [0.3, 0.4) is 0 Å². The van der Waals surface area contributed by atoms with Gasteiger partial charge in [0, 0.05) is 18.3 Å². The number of thiocarbonyl (C=S) groups is 1. The number of carboxylic acid groups (broad SMARTS) is 1. The molecule has 1 aromatic carbocycles. The molecule has 0 bridgehead atoms. The van der Waals surface area contributed by atoms with Crippen molar-refractivity contribution < 1.29 is 15.0 Å². The fraction of sp³-hybridized carbons (Fsp3) is 0.0909. The van der Waals surface area contributed by atoms with E-state index in [9.17, 15) is 9.90 Å². The molecule has 0 unspecified atom stereocenters. The van der Waals surface area contributed by atoms with Gasteiger partial charge in [-0.2, -0.15) is 0 Å². The maximum Gasteiger partial charge on any atom is 0.339 e. The first-order chi connectivity index (χ1) is 8.04. The second-order valence-electron chi connectivity index (χ2n) is 3.16. The summed E-state index contributed by atoms with van der Waals surface area (Å²) in [5, 5.41) is 24.2. The topological polar surface area (TPSA) is 81.6 Å². The lowest BCUT2D eigenvalue weighted by atomic mass is 10.2. The number of carboxylic acids is 1. The Bertz CT molecular complexity index is 460. The second kappa shape index (κ2) is 5.86. The molecule has 0 aliphatic carbocycles. The van der Waals surface area contributed by atoms with Crippen LogP contribution in [0.1, 0.15) is 10.4 Å². The van der Waals surface area contributed by atoms with Gasteiger partial charge in [-0.15, -0.1) is 6.58 Å². The van der Waals surface area contributed by atoms with Gasteiger partial charge in [-0.1, -0.05) is 6.08 Å². The van der Waals surface area contributed by atoms with Gasteiger partial charge in [-0.05, 0) is 24.4 Å². The lowest BCUT2D eigenvalue weighted by Crippen LogP contribution is -2.28. The van der Waals surface area contributed by atoms with Gasteiger partial charge < -0.3 is 20.8 Å². The van der Waals surface area contributed by atoms with E-state index in [1.807, 2.05) is 0 Å². The van der Waals surface area contributed by atoms with Crippen LogP contribution in [0, 0.1) is 0 Å². The molecule has 0 aromatic heterocycles. The zero-order valence-electron chi connectivity index (χ0n) is 8.93. The van der Waals surface area contributed by atoms with Gasteiger partial charge >= 0.3 is 5.97 Å². The zero-order chi connectivity index (χ0) is 12.8. The minimum atomic E-state index is -1.18. The Labute approximate surface area is 104 Å². The quantitative estimate of drug-likeness (QED) is 0.481. The van der Waals surface area contributed by atoms with Crippen molar-refractivity contribution in [3.8, 4) is 5.75 Å². The standard InChI is InChI=1S/C11H12N2O3S/c1-2-5-12-11(17)13-7-3-4-8(10(15)16)9(14)6-7/h2-4,6,14H,1,5H2,(H,15,16)(H2,12,13,17). The molecule has 4 N–H and O–H groups in total. The number of hydrogen-bond acceptors (Lipinski definition) is 3. The summed E-state index contributed by atoms with van der Waals surface area (Å²) >= 11 is 4.96. The van der Waals surface area contributed by atoms with Crippen LogP contribution in [0.2, 0.25) is 0 Å². The fourth-order valence-electron chi connectivity index (χ4n) is 1.13. The van der Waals surface area contributed by atoms with E-state index in [4.69, 9.17) is 17.3 Å². The summed E-state index contributed by atoms with van der Waals surface area (Å²) in [6.45, 7) is 4.05. The normalized spacial score (nSPS) is 9.41. The van der Waals surface area contributed by atoms with Crippen LogP contribution in [0.5, 0.6) is 5.75 Å². The number of aromatic carboxylic acids is 1. The average Bonchev–Trinajstić information content (AvgIpc) is 2.26. The lowest BCUT2D eigenvalue weighted by molar-refractivity contribution is 0.0694. The Morgan fingerprint density at radius 2 is 2.24 bits per heavy atom. The van der Waals surface area contributed by atoms with E-state index in [0.717, 1.165) is 0 Å². The number of nitrogens with one attached hydrogen (secondary N) is 2. The van der Waals surface area contributed by atoms with Gasteiger partial charge in [0.2, 0.25) is 0 Å². The molecule has 5 nitrogen and oxygen atoms in total. The first-order valence-corrected chi connectivity index (χ1v) is 5.17. The Morgan fingerprint density at radius 1 is 1.53 bits per heavy atom. The number of phenols is 1. The molecular weight excluding hydrogens is 240 g/mol. The number of aromatic hydroxyl groups is 1. The summed E-state index contributed by atoms with van der Waals surface area (Å²) < 4.78 is 0. The van der Waals surface area contributed by atoms with Crippen molar-refractivity contribution >= 4 is 29.0 Å². The Morgan fingerprint density at radius 3 is 2.76 bits per heavy atom. The van der Waals surface area contributed by atoms with Gasteiger partial charge in [0.25, 0.3) is 0 Å². The van der Waals surface area contributed by atoms with Crippen molar-refractivity contribution in [1.82, 2.24) is 5.32 Å². The van der Waals surface area contributed by atoms with Crippen LogP contribution in [0.15, 0.2) is 30.9 Å². The van der Waals surface area contributed by atoms with E-state index in [1.54, 1.807) is 6.08 Å². The van der Waals surface area contributed by atoms with Crippen LogP contribution < -0.4 is 10.6 Å². The summed E-state index contributed by atoms with van der Waals surface area (Å²) in [6.07, 6.45) is 1.65. The zero-order valence-corrected chi connectivity index (χ0v) is 9.75. The Balaban J connectivity index is 2.74. The minimum absolute atomic E-state index is 0.152. The Hall–Kier alpha value is -2.08. The van der Waals surface area contributed by atoms with Crippen LogP contribution >= 0.6 is 12.2 Å². The molecule has 6 heteroatoms. The highest BCUT2D eigenvalue weighted by atomic mass is 32.1. The number of benzene rings is 1. The van der Waals surface area contributed by atoms with Gasteiger partial charge in [-0.25, -0.2) is 4.79 Å². The first-order valence-electron chi connectivity index (χ1n) is 4.76. The third kappa shape index (κ3) is 3.76. The van der Waals surface area contributed by atoms with Crippen molar-refractivity contribution in [1.29, 1.82) is 0 Å². The number of anilines is 1. The molecule has 0 heterocycles. The third-order valence-electron chi connectivity index (χ3n) is 1.89. The second-order valence-corrected chi connectivity index (χ2v) is 3.57. The van der Waals surface area contributed by atoms with E-state index in [2.05, 4.69) is 17.2 Å². The van der Waals surface area contributed by atoms with E-state index in [-0.39, 0.29) is 11.3 Å². The highest BCUT2D eigenvalue weighted by molar-refractivity contribution is 7.80. The van der Waals surface area contributed by atoms with E-state index in [0.29, 0.717) is 17.3 Å². The van der Waals surface area contributed by atoms with Crippen molar-refractivity contribution in [2.75, 3.05) is 11.9 Å². The van der Waals surface area contributed by atoms with Gasteiger partial charge in [-0.3, -0.25) is 0 Å². The summed E-state index contributed by atoms with van der Waals surface area (Å²) in [5.74, 6) is -1.49. The molecule has 0 spiro atoms. The number of carbonyl (C=O) groups is 1. The molecule has 0 aliphatic rings. The minimum Gasteiger partial charge on any atom is -0.507 e. The molecule has 0 fully saturated rings. The highest BCUT2D eigenvalue weighted by Gasteiger charge is 2.09. The lowest BCUT2D eigenvalue weighted by Gasteiger charge is -2.09. The molecule has 1 rings (SSSR count). The molecule has 0 saturated carbocycles. The molecule has 0 amide bonds. The van der Waals surface area contributed by atoms with Crippen LogP contribution in [0.25, 0.3) is 0 Å². The van der Waals surface area contributed by atoms with E-state index in [1.165, 1.54) is 18.2 Å².